The van der Waals surface area contributed by atoms with Gasteiger partial charge in [-0.2, -0.15) is 0 Å². The van der Waals surface area contributed by atoms with Crippen LogP contribution in [0.4, 0.5) is 0 Å². The summed E-state index contributed by atoms with van der Waals surface area (Å²) < 4.78 is 0. The van der Waals surface area contributed by atoms with E-state index in [1.54, 1.807) is 6.92 Å². The van der Waals surface area contributed by atoms with E-state index in [2.05, 4.69) is 0 Å². The van der Waals surface area contributed by atoms with Crippen LogP contribution in [0, 0.1) is 0 Å². The molecule has 0 aliphatic carbocycles. The van der Waals surface area contributed by atoms with Crippen molar-refractivity contribution in [3.63, 3.8) is 0 Å². The van der Waals surface area contributed by atoms with Gasteiger partial charge in [-0.05, 0) is 18.1 Å². The standard InChI is InChI=1S/C11H10O6.Na.H/c1-2-5-3-4-6(9(12)13)8(11(16)17)7(5)10(14)15;;/h3-4H,2H2,1H3,(H,12,13)(H,14,15)(H,16,17);;. The van der Waals surface area contributed by atoms with E-state index < -0.39 is 34.6 Å². The molecule has 0 bridgehead atoms. The Kier molecular flexibility index (Phi) is 6.04. The molecule has 0 atom stereocenters. The summed E-state index contributed by atoms with van der Waals surface area (Å²) in [7, 11) is 0. The monoisotopic (exact) mass is 262 g/mol. The number of carboxylic acid groups (broad SMARTS) is 3. The van der Waals surface area contributed by atoms with Crippen LogP contribution in [0.2, 0.25) is 0 Å². The molecule has 0 amide bonds. The van der Waals surface area contributed by atoms with Crippen molar-refractivity contribution < 1.29 is 29.7 Å². The third kappa shape index (κ3) is 3.10. The van der Waals surface area contributed by atoms with Crippen LogP contribution in [-0.4, -0.2) is 62.8 Å². The van der Waals surface area contributed by atoms with Gasteiger partial charge in [-0.3, -0.25) is 0 Å². The van der Waals surface area contributed by atoms with Crippen molar-refractivity contribution >= 4 is 47.5 Å². The Morgan fingerprint density at radius 2 is 1.44 bits per heavy atom. The molecule has 0 unspecified atom stereocenters. The minimum absolute atomic E-state index is 0. The van der Waals surface area contributed by atoms with Crippen LogP contribution in [0.3, 0.4) is 0 Å². The van der Waals surface area contributed by atoms with Gasteiger partial charge in [0.15, 0.2) is 0 Å². The average Bonchev–Trinajstić information content (AvgIpc) is 2.26. The van der Waals surface area contributed by atoms with Gasteiger partial charge in [0.25, 0.3) is 0 Å². The van der Waals surface area contributed by atoms with Crippen LogP contribution in [-0.2, 0) is 6.42 Å². The van der Waals surface area contributed by atoms with Crippen LogP contribution < -0.4 is 0 Å². The molecule has 18 heavy (non-hydrogen) atoms. The topological polar surface area (TPSA) is 112 Å². The molecule has 3 N–H and O–H groups in total. The molecule has 6 nitrogen and oxygen atoms in total. The zero-order chi connectivity index (χ0) is 13.2. The number of hydrogen-bond donors (Lipinski definition) is 3. The molecule has 7 heteroatoms. The van der Waals surface area contributed by atoms with E-state index in [9.17, 15) is 14.4 Å². The quantitative estimate of drug-likeness (QED) is 0.688. The molecule has 0 spiro atoms. The summed E-state index contributed by atoms with van der Waals surface area (Å²) in [5, 5.41) is 26.7. The van der Waals surface area contributed by atoms with E-state index in [4.69, 9.17) is 15.3 Å². The molecule has 1 aromatic rings. The molecule has 0 saturated carbocycles. The Hall–Kier alpha value is -1.37. The molecule has 1 aromatic carbocycles. The SMILES string of the molecule is CCc1ccc(C(=O)O)c(C(=O)O)c1C(=O)O.[NaH]. The summed E-state index contributed by atoms with van der Waals surface area (Å²) in [6.45, 7) is 1.66. The number of aromatic carboxylic acids is 3. The minimum atomic E-state index is -1.56. The molecule has 0 saturated heterocycles. The van der Waals surface area contributed by atoms with Gasteiger partial charge >= 0.3 is 47.5 Å². The van der Waals surface area contributed by atoms with Gasteiger partial charge in [0.05, 0.1) is 16.7 Å². The molecule has 0 aromatic heterocycles. The Morgan fingerprint density at radius 3 is 1.78 bits per heavy atom. The van der Waals surface area contributed by atoms with E-state index in [-0.39, 0.29) is 29.6 Å². The second-order valence-corrected chi connectivity index (χ2v) is 3.29. The Morgan fingerprint density at radius 1 is 0.944 bits per heavy atom. The molecule has 0 aliphatic rings. The summed E-state index contributed by atoms with van der Waals surface area (Å²) in [6.07, 6.45) is 0.307. The Bertz CT molecular complexity index is 509. The summed E-state index contributed by atoms with van der Waals surface area (Å²) in [5.41, 5.74) is -1.36. The van der Waals surface area contributed by atoms with Crippen molar-refractivity contribution in [2.75, 3.05) is 0 Å². The first-order valence-corrected chi connectivity index (χ1v) is 4.75. The molecule has 92 valence electrons. The third-order valence-electron chi connectivity index (χ3n) is 2.33. The van der Waals surface area contributed by atoms with Crippen molar-refractivity contribution in [1.82, 2.24) is 0 Å². The normalized spacial score (nSPS) is 9.39. The molecule has 0 heterocycles. The zero-order valence-electron chi connectivity index (χ0n) is 8.93. The molecule has 0 radical (unpaired) electrons. The molecular formula is C11H11NaO6. The van der Waals surface area contributed by atoms with Crippen molar-refractivity contribution in [2.45, 2.75) is 13.3 Å². The fourth-order valence-corrected chi connectivity index (χ4v) is 1.59. The van der Waals surface area contributed by atoms with Gasteiger partial charge in [0, 0.05) is 0 Å². The molecule has 0 aliphatic heterocycles. The van der Waals surface area contributed by atoms with Crippen LogP contribution in [0.15, 0.2) is 12.1 Å². The predicted molar refractivity (Wildman–Crippen MR) is 63.8 cm³/mol. The van der Waals surface area contributed by atoms with Crippen molar-refractivity contribution in [2.24, 2.45) is 0 Å². The predicted octanol–water partition coefficient (Wildman–Crippen LogP) is 0.695. The van der Waals surface area contributed by atoms with E-state index in [1.165, 1.54) is 6.07 Å². The number of aryl methyl sites for hydroxylation is 1. The molecule has 0 fully saturated rings. The van der Waals surface area contributed by atoms with Gasteiger partial charge in [0.2, 0.25) is 0 Å². The number of hydrogen-bond acceptors (Lipinski definition) is 3. The summed E-state index contributed by atoms with van der Waals surface area (Å²) >= 11 is 0. The third-order valence-corrected chi connectivity index (χ3v) is 2.33. The second kappa shape index (κ2) is 6.53. The van der Waals surface area contributed by atoms with Gasteiger partial charge in [-0.25, -0.2) is 14.4 Å². The summed E-state index contributed by atoms with van der Waals surface area (Å²) in [4.78, 5) is 32.9. The van der Waals surface area contributed by atoms with Crippen LogP contribution in [0.25, 0.3) is 0 Å². The van der Waals surface area contributed by atoms with Crippen molar-refractivity contribution in [3.05, 3.63) is 34.4 Å². The van der Waals surface area contributed by atoms with E-state index in [0.717, 1.165) is 6.07 Å². The molecule has 1 rings (SSSR count). The van der Waals surface area contributed by atoms with Crippen LogP contribution in [0.1, 0.15) is 43.6 Å². The number of carboxylic acids is 3. The average molecular weight is 262 g/mol. The van der Waals surface area contributed by atoms with E-state index in [0.29, 0.717) is 12.0 Å². The van der Waals surface area contributed by atoms with Crippen molar-refractivity contribution in [1.29, 1.82) is 0 Å². The van der Waals surface area contributed by atoms with E-state index in [1.807, 2.05) is 0 Å². The molecular weight excluding hydrogens is 251 g/mol. The number of carbonyl (C=O) groups is 3. The fourth-order valence-electron chi connectivity index (χ4n) is 1.59. The maximum absolute atomic E-state index is 11.0. The number of rotatable bonds is 4. The van der Waals surface area contributed by atoms with Crippen LogP contribution >= 0.6 is 0 Å². The zero-order valence-corrected chi connectivity index (χ0v) is 8.93. The van der Waals surface area contributed by atoms with E-state index >= 15 is 0 Å². The first kappa shape index (κ1) is 16.6. The first-order chi connectivity index (χ1) is 7.90. The Balaban J connectivity index is 0.00000289. The summed E-state index contributed by atoms with van der Waals surface area (Å²) in [6, 6.07) is 2.43. The summed E-state index contributed by atoms with van der Waals surface area (Å²) in [5.74, 6) is -4.47. The Labute approximate surface area is 125 Å². The van der Waals surface area contributed by atoms with Crippen LogP contribution in [0.5, 0.6) is 0 Å². The van der Waals surface area contributed by atoms with Crippen molar-refractivity contribution in [3.8, 4) is 0 Å². The first-order valence-electron chi connectivity index (χ1n) is 4.75. The maximum atomic E-state index is 11.0. The van der Waals surface area contributed by atoms with Gasteiger partial charge in [-0.1, -0.05) is 13.0 Å². The van der Waals surface area contributed by atoms with Gasteiger partial charge in [-0.15, -0.1) is 0 Å². The number of benzene rings is 1. The fraction of sp³-hybridized carbons (Fsp3) is 0.182. The van der Waals surface area contributed by atoms with Gasteiger partial charge < -0.3 is 15.3 Å². The second-order valence-electron chi connectivity index (χ2n) is 3.29. The van der Waals surface area contributed by atoms with Gasteiger partial charge in [0.1, 0.15) is 0 Å².